The minimum atomic E-state index is -0.372. The molecule has 0 saturated carbocycles. The molecule has 20 heavy (non-hydrogen) atoms. The molecule has 3 aliphatic rings. The minimum Gasteiger partial charge on any atom is -0.343 e. The average molecular weight is 279 g/mol. The van der Waals surface area contributed by atoms with E-state index >= 15 is 0 Å². The summed E-state index contributed by atoms with van der Waals surface area (Å²) in [4.78, 5) is 29.2. The summed E-state index contributed by atoms with van der Waals surface area (Å²) in [6.07, 6.45) is 5.41. The molecule has 2 amide bonds. The predicted octanol–water partition coefficient (Wildman–Crippen LogP) is 0.739. The van der Waals surface area contributed by atoms with Gasteiger partial charge in [-0.15, -0.1) is 0 Å². The Hall–Kier alpha value is -1.10. The smallest absolute Gasteiger partial charge is 0.245 e. The lowest BCUT2D eigenvalue weighted by atomic mass is 9.94. The number of hydrogen-bond acceptors (Lipinski definition) is 3. The molecular weight excluding hydrogens is 254 g/mol. The number of nitrogens with one attached hydrogen (secondary N) is 1. The van der Waals surface area contributed by atoms with E-state index in [4.69, 9.17) is 0 Å². The Morgan fingerprint density at radius 1 is 1.15 bits per heavy atom. The molecule has 0 aromatic carbocycles. The highest BCUT2D eigenvalue weighted by Gasteiger charge is 2.47. The van der Waals surface area contributed by atoms with Gasteiger partial charge in [-0.25, -0.2) is 0 Å². The van der Waals surface area contributed by atoms with Crippen LogP contribution < -0.4 is 5.32 Å². The highest BCUT2D eigenvalue weighted by Crippen LogP contribution is 2.33. The molecule has 0 radical (unpaired) electrons. The first-order valence-corrected chi connectivity index (χ1v) is 8.00. The van der Waals surface area contributed by atoms with Gasteiger partial charge in [0.2, 0.25) is 11.8 Å². The maximum Gasteiger partial charge on any atom is 0.245 e. The summed E-state index contributed by atoms with van der Waals surface area (Å²) >= 11 is 0. The van der Waals surface area contributed by atoms with Crippen LogP contribution in [0.15, 0.2) is 0 Å². The predicted molar refractivity (Wildman–Crippen MR) is 76.1 cm³/mol. The van der Waals surface area contributed by atoms with Crippen molar-refractivity contribution in [2.24, 2.45) is 0 Å². The van der Waals surface area contributed by atoms with Gasteiger partial charge < -0.3 is 10.2 Å². The van der Waals surface area contributed by atoms with Gasteiger partial charge in [-0.2, -0.15) is 0 Å². The van der Waals surface area contributed by atoms with Gasteiger partial charge in [0.05, 0.1) is 0 Å². The Kier molecular flexibility index (Phi) is 3.71. The van der Waals surface area contributed by atoms with Crippen molar-refractivity contribution in [3.05, 3.63) is 0 Å². The highest BCUT2D eigenvalue weighted by atomic mass is 16.2. The van der Waals surface area contributed by atoms with Crippen LogP contribution in [0.5, 0.6) is 0 Å². The molecule has 1 N–H and O–H groups in total. The van der Waals surface area contributed by atoms with E-state index in [-0.39, 0.29) is 29.9 Å². The minimum absolute atomic E-state index is 0.0221. The monoisotopic (exact) mass is 279 g/mol. The molecule has 3 saturated heterocycles. The van der Waals surface area contributed by atoms with E-state index in [0.717, 1.165) is 19.5 Å². The van der Waals surface area contributed by atoms with Crippen LogP contribution in [-0.4, -0.2) is 58.9 Å². The van der Waals surface area contributed by atoms with Gasteiger partial charge in [-0.1, -0.05) is 13.3 Å². The normalized spacial score (nSPS) is 38.8. The third kappa shape index (κ3) is 2.12. The summed E-state index contributed by atoms with van der Waals surface area (Å²) in [6.45, 7) is 6.02. The molecule has 4 atom stereocenters. The molecule has 0 spiro atoms. The molecule has 5 nitrogen and oxygen atoms in total. The van der Waals surface area contributed by atoms with Crippen LogP contribution in [0.25, 0.3) is 0 Å². The number of fused-ring (bicyclic) bond motifs is 1. The fourth-order valence-corrected chi connectivity index (χ4v) is 4.20. The maximum absolute atomic E-state index is 12.6. The van der Waals surface area contributed by atoms with E-state index in [1.165, 1.54) is 19.3 Å². The van der Waals surface area contributed by atoms with Crippen LogP contribution >= 0.6 is 0 Å². The Labute approximate surface area is 120 Å². The van der Waals surface area contributed by atoms with E-state index in [9.17, 15) is 9.59 Å². The van der Waals surface area contributed by atoms with Crippen molar-refractivity contribution in [3.63, 3.8) is 0 Å². The van der Waals surface area contributed by atoms with Crippen LogP contribution in [0, 0.1) is 0 Å². The fraction of sp³-hybridized carbons (Fsp3) is 0.867. The number of amides is 2. The summed E-state index contributed by atoms with van der Waals surface area (Å²) in [5, 5.41) is 2.81. The maximum atomic E-state index is 12.6. The molecular formula is C15H25N3O2. The van der Waals surface area contributed by atoms with Gasteiger partial charge in [-0.3, -0.25) is 14.5 Å². The first-order valence-electron chi connectivity index (χ1n) is 8.00. The second kappa shape index (κ2) is 5.35. The molecule has 112 valence electrons. The number of hydrogen-bond donors (Lipinski definition) is 1. The lowest BCUT2D eigenvalue weighted by molar-refractivity contribution is -0.152. The van der Waals surface area contributed by atoms with E-state index in [1.54, 1.807) is 6.92 Å². The third-order valence-electron chi connectivity index (χ3n) is 5.19. The molecule has 4 unspecified atom stereocenters. The molecule has 3 heterocycles. The summed E-state index contributed by atoms with van der Waals surface area (Å²) in [7, 11) is 0. The van der Waals surface area contributed by atoms with Gasteiger partial charge in [0.25, 0.3) is 0 Å². The zero-order chi connectivity index (χ0) is 14.3. The largest absolute Gasteiger partial charge is 0.343 e. The summed E-state index contributed by atoms with van der Waals surface area (Å²) in [6, 6.07) is 0.0645. The Morgan fingerprint density at radius 3 is 2.70 bits per heavy atom. The van der Waals surface area contributed by atoms with Crippen molar-refractivity contribution in [1.29, 1.82) is 0 Å². The van der Waals surface area contributed by atoms with Gasteiger partial charge in [0.15, 0.2) is 0 Å². The molecule has 3 fully saturated rings. The fourth-order valence-electron chi connectivity index (χ4n) is 4.20. The van der Waals surface area contributed by atoms with Crippen LogP contribution in [0.1, 0.15) is 46.0 Å². The topological polar surface area (TPSA) is 52.7 Å². The van der Waals surface area contributed by atoms with E-state index in [1.807, 2.05) is 11.8 Å². The second-order valence-electron chi connectivity index (χ2n) is 6.35. The standard InChI is InChI=1S/C15H25N3O2/c1-3-11-14(19)16-10(2)15(20)18(11)13-7-9-17-8-5-4-6-12(13)17/h10-13H,3-9H2,1-2H3,(H,16,19). The second-order valence-corrected chi connectivity index (χ2v) is 6.35. The van der Waals surface area contributed by atoms with Crippen LogP contribution in [0.2, 0.25) is 0 Å². The number of piperazine rings is 1. The quantitative estimate of drug-likeness (QED) is 0.811. The summed E-state index contributed by atoms with van der Waals surface area (Å²) in [5.74, 6) is 0.128. The van der Waals surface area contributed by atoms with Crippen molar-refractivity contribution in [1.82, 2.24) is 15.1 Å². The summed E-state index contributed by atoms with van der Waals surface area (Å²) in [5.41, 5.74) is 0. The number of nitrogens with zero attached hydrogens (tertiary/aromatic N) is 2. The molecule has 0 aromatic rings. The lowest BCUT2D eigenvalue weighted by Gasteiger charge is -2.44. The SMILES string of the molecule is CCC1C(=O)NC(C)C(=O)N1C1CCN2CCCCC12. The summed E-state index contributed by atoms with van der Waals surface area (Å²) < 4.78 is 0. The number of rotatable bonds is 2. The zero-order valence-corrected chi connectivity index (χ0v) is 12.5. The molecule has 0 bridgehead atoms. The Morgan fingerprint density at radius 2 is 1.95 bits per heavy atom. The number of carbonyl (C=O) groups excluding carboxylic acids is 2. The van der Waals surface area contributed by atoms with E-state index < -0.39 is 0 Å². The van der Waals surface area contributed by atoms with Gasteiger partial charge >= 0.3 is 0 Å². The molecule has 5 heteroatoms. The Bertz CT molecular complexity index is 412. The van der Waals surface area contributed by atoms with Crippen molar-refractivity contribution in [3.8, 4) is 0 Å². The van der Waals surface area contributed by atoms with Crippen LogP contribution in [0.3, 0.4) is 0 Å². The Balaban J connectivity index is 1.85. The van der Waals surface area contributed by atoms with Crippen molar-refractivity contribution in [2.75, 3.05) is 13.1 Å². The molecule has 3 aliphatic heterocycles. The van der Waals surface area contributed by atoms with Crippen molar-refractivity contribution >= 4 is 11.8 Å². The van der Waals surface area contributed by atoms with E-state index in [0.29, 0.717) is 12.5 Å². The van der Waals surface area contributed by atoms with Gasteiger partial charge in [-0.05, 0) is 39.2 Å². The van der Waals surface area contributed by atoms with Gasteiger partial charge in [0, 0.05) is 18.6 Å². The zero-order valence-electron chi connectivity index (χ0n) is 12.5. The number of carbonyl (C=O) groups is 2. The first kappa shape index (κ1) is 13.9. The van der Waals surface area contributed by atoms with Crippen LogP contribution in [-0.2, 0) is 9.59 Å². The van der Waals surface area contributed by atoms with Crippen molar-refractivity contribution in [2.45, 2.75) is 70.1 Å². The number of piperidine rings is 1. The van der Waals surface area contributed by atoms with E-state index in [2.05, 4.69) is 10.2 Å². The molecule has 3 rings (SSSR count). The molecule has 0 aromatic heterocycles. The first-order chi connectivity index (χ1) is 9.63. The lowest BCUT2D eigenvalue weighted by Crippen LogP contribution is -2.66. The third-order valence-corrected chi connectivity index (χ3v) is 5.19. The van der Waals surface area contributed by atoms with Crippen molar-refractivity contribution < 1.29 is 9.59 Å². The highest BCUT2D eigenvalue weighted by molar-refractivity contribution is 5.96. The molecule has 0 aliphatic carbocycles. The van der Waals surface area contributed by atoms with Gasteiger partial charge in [0.1, 0.15) is 12.1 Å². The van der Waals surface area contributed by atoms with Crippen LogP contribution in [0.4, 0.5) is 0 Å². The average Bonchev–Trinajstić information content (AvgIpc) is 2.86.